The number of imidazole rings is 1. The van der Waals surface area contributed by atoms with Crippen LogP contribution >= 0.6 is 0 Å². The summed E-state index contributed by atoms with van der Waals surface area (Å²) in [6.07, 6.45) is -1.07. The molecular formula is C39H45F3N8O5. The van der Waals surface area contributed by atoms with Gasteiger partial charge in [-0.05, 0) is 62.4 Å². The second-order valence-corrected chi connectivity index (χ2v) is 14.2. The number of nitrogens with one attached hydrogen (secondary N) is 4. The lowest BCUT2D eigenvalue weighted by Gasteiger charge is -2.38. The highest BCUT2D eigenvalue weighted by Gasteiger charge is 2.38. The number of amides is 3. The highest BCUT2D eigenvalue weighted by Crippen LogP contribution is 2.38. The van der Waals surface area contributed by atoms with Gasteiger partial charge >= 0.3 is 12.5 Å². The van der Waals surface area contributed by atoms with E-state index in [0.29, 0.717) is 35.6 Å². The minimum absolute atomic E-state index is 0.113. The Kier molecular flexibility index (Phi) is 11.6. The van der Waals surface area contributed by atoms with E-state index in [1.54, 1.807) is 47.5 Å². The summed E-state index contributed by atoms with van der Waals surface area (Å²) in [7, 11) is 1.24. The number of hydrogen-bond acceptors (Lipinski definition) is 9. The van der Waals surface area contributed by atoms with Gasteiger partial charge in [0.2, 0.25) is 5.91 Å². The van der Waals surface area contributed by atoms with Gasteiger partial charge in [-0.2, -0.15) is 0 Å². The number of piperazine rings is 1. The summed E-state index contributed by atoms with van der Waals surface area (Å²) in [5.41, 5.74) is 2.24. The van der Waals surface area contributed by atoms with E-state index >= 15 is 0 Å². The average molecular weight is 763 g/mol. The normalized spacial score (nSPS) is 19.3. The molecule has 13 nitrogen and oxygen atoms in total. The standard InChI is InChI=1S/C39H45F3N8O5/c1-22(2)34(48-38(53)54-5)37(52)49-16-6-7-31(49)35-45-20-30(47-35)26-10-8-25(9-11-26)29-14-13-28(17-32(29)55-39(40,41)42)46-36(51)27-12-15-33(44-19-27)50-21-23(3)43-18-24(50)4/h8-15,17,19-20,22-24,31,34,43H,6-7,16,18,21H2,1-5H3,(H,45,47)(H,46,51)(H,48,53)/t23-,24+,31-,34-/m0/s1. The van der Waals surface area contributed by atoms with Crippen LogP contribution in [0.5, 0.6) is 5.75 Å². The zero-order valence-corrected chi connectivity index (χ0v) is 31.2. The molecular weight excluding hydrogens is 717 g/mol. The van der Waals surface area contributed by atoms with Gasteiger partial charge in [-0.15, -0.1) is 13.2 Å². The molecule has 292 valence electrons. The smallest absolute Gasteiger partial charge is 0.453 e. The average Bonchev–Trinajstić information content (AvgIpc) is 3.85. The van der Waals surface area contributed by atoms with Crippen LogP contribution in [0.2, 0.25) is 0 Å². The molecule has 6 rings (SSSR count). The molecule has 2 aromatic carbocycles. The number of H-pyrrole nitrogens is 1. The minimum atomic E-state index is -4.98. The van der Waals surface area contributed by atoms with E-state index < -0.39 is 30.2 Å². The summed E-state index contributed by atoms with van der Waals surface area (Å²) in [5.74, 6) is -0.0969. The molecule has 4 N–H and O–H groups in total. The Bertz CT molecular complexity index is 1990. The fourth-order valence-electron chi connectivity index (χ4n) is 6.95. The van der Waals surface area contributed by atoms with Crippen molar-refractivity contribution in [3.05, 3.63) is 78.4 Å². The quantitative estimate of drug-likeness (QED) is 0.141. The van der Waals surface area contributed by atoms with Crippen LogP contribution < -0.4 is 25.6 Å². The molecule has 2 aromatic heterocycles. The summed E-state index contributed by atoms with van der Waals surface area (Å²) >= 11 is 0. The summed E-state index contributed by atoms with van der Waals surface area (Å²) < 4.78 is 49.9. The monoisotopic (exact) mass is 762 g/mol. The van der Waals surface area contributed by atoms with Crippen LogP contribution in [0.3, 0.4) is 0 Å². The topological polar surface area (TPSA) is 154 Å². The van der Waals surface area contributed by atoms with Crippen molar-refractivity contribution < 1.29 is 37.0 Å². The molecule has 0 saturated carbocycles. The Morgan fingerprint density at radius 1 is 1.02 bits per heavy atom. The van der Waals surface area contributed by atoms with E-state index in [4.69, 9.17) is 9.72 Å². The number of nitrogens with zero attached hydrogens (tertiary/aromatic N) is 4. The molecule has 3 amide bonds. The fourth-order valence-corrected chi connectivity index (χ4v) is 6.95. The molecule has 0 spiro atoms. The highest BCUT2D eigenvalue weighted by molar-refractivity contribution is 6.04. The van der Waals surface area contributed by atoms with Crippen LogP contribution in [0.1, 0.15) is 62.8 Å². The number of ether oxygens (including phenoxy) is 2. The van der Waals surface area contributed by atoms with Crippen LogP contribution in [0.4, 0.5) is 29.5 Å². The van der Waals surface area contributed by atoms with Crippen molar-refractivity contribution >= 4 is 29.4 Å². The Balaban J connectivity index is 1.16. The van der Waals surface area contributed by atoms with E-state index in [-0.39, 0.29) is 46.8 Å². The van der Waals surface area contributed by atoms with Gasteiger partial charge in [0, 0.05) is 67.0 Å². The van der Waals surface area contributed by atoms with E-state index in [2.05, 4.69) is 49.4 Å². The Morgan fingerprint density at radius 3 is 2.44 bits per heavy atom. The number of alkyl carbamates (subject to hydrolysis) is 1. The van der Waals surface area contributed by atoms with Crippen molar-refractivity contribution in [1.82, 2.24) is 30.5 Å². The van der Waals surface area contributed by atoms with E-state index in [1.165, 1.54) is 25.4 Å². The summed E-state index contributed by atoms with van der Waals surface area (Å²) in [6, 6.07) is 13.7. The number of carbonyl (C=O) groups excluding carboxylic acids is 3. The Labute approximate surface area is 317 Å². The van der Waals surface area contributed by atoms with Gasteiger partial charge in [0.1, 0.15) is 23.4 Å². The summed E-state index contributed by atoms with van der Waals surface area (Å²) in [5, 5.41) is 8.71. The first-order valence-corrected chi connectivity index (χ1v) is 18.2. The third-order valence-corrected chi connectivity index (χ3v) is 9.87. The molecule has 0 unspecified atom stereocenters. The lowest BCUT2D eigenvalue weighted by Crippen LogP contribution is -2.54. The number of rotatable bonds is 10. The maximum Gasteiger partial charge on any atom is 0.573 e. The minimum Gasteiger partial charge on any atom is -0.453 e. The molecule has 55 heavy (non-hydrogen) atoms. The zero-order chi connectivity index (χ0) is 39.4. The van der Waals surface area contributed by atoms with Crippen molar-refractivity contribution in [2.75, 3.05) is 37.0 Å². The first-order chi connectivity index (χ1) is 26.2. The van der Waals surface area contributed by atoms with Crippen LogP contribution in [-0.2, 0) is 9.53 Å². The number of alkyl halides is 3. The van der Waals surface area contributed by atoms with E-state index in [1.807, 2.05) is 13.8 Å². The lowest BCUT2D eigenvalue weighted by molar-refractivity contribution is -0.274. The van der Waals surface area contributed by atoms with Crippen LogP contribution in [-0.4, -0.2) is 89.0 Å². The molecule has 0 radical (unpaired) electrons. The summed E-state index contributed by atoms with van der Waals surface area (Å²) in [6.45, 7) is 9.94. The van der Waals surface area contributed by atoms with Gasteiger partial charge in [0.05, 0.1) is 24.4 Å². The zero-order valence-electron chi connectivity index (χ0n) is 31.2. The number of carbonyl (C=O) groups is 3. The predicted octanol–water partition coefficient (Wildman–Crippen LogP) is 6.52. The predicted molar refractivity (Wildman–Crippen MR) is 200 cm³/mol. The molecule has 0 bridgehead atoms. The van der Waals surface area contributed by atoms with Crippen molar-refractivity contribution in [3.63, 3.8) is 0 Å². The van der Waals surface area contributed by atoms with Gasteiger partial charge in [0.25, 0.3) is 5.91 Å². The van der Waals surface area contributed by atoms with Gasteiger partial charge in [0.15, 0.2) is 0 Å². The van der Waals surface area contributed by atoms with Gasteiger partial charge in [-0.3, -0.25) is 9.59 Å². The third-order valence-electron chi connectivity index (χ3n) is 9.87. The molecule has 2 aliphatic heterocycles. The molecule has 2 aliphatic rings. The number of halogens is 3. The van der Waals surface area contributed by atoms with Gasteiger partial charge in [-0.1, -0.05) is 38.1 Å². The molecule has 0 aliphatic carbocycles. The fraction of sp³-hybridized carbons (Fsp3) is 0.410. The molecule has 4 heterocycles. The van der Waals surface area contributed by atoms with Crippen molar-refractivity contribution in [1.29, 1.82) is 0 Å². The van der Waals surface area contributed by atoms with Crippen LogP contribution in [0.25, 0.3) is 22.4 Å². The van der Waals surface area contributed by atoms with Crippen molar-refractivity contribution in [2.24, 2.45) is 5.92 Å². The number of pyridine rings is 1. The molecule has 16 heteroatoms. The maximum atomic E-state index is 13.6. The second-order valence-electron chi connectivity index (χ2n) is 14.2. The number of aromatic amines is 1. The Hall–Kier alpha value is -5.64. The lowest BCUT2D eigenvalue weighted by atomic mass is 10.0. The number of benzene rings is 2. The molecule has 2 saturated heterocycles. The van der Waals surface area contributed by atoms with Crippen molar-refractivity contribution in [3.8, 4) is 28.1 Å². The van der Waals surface area contributed by atoms with Crippen LogP contribution in [0.15, 0.2) is 67.0 Å². The number of likely N-dealkylation sites (tertiary alicyclic amines) is 1. The molecule has 4 atom stereocenters. The van der Waals surface area contributed by atoms with Gasteiger partial charge in [-0.25, -0.2) is 14.8 Å². The first kappa shape index (κ1) is 39.1. The molecule has 2 fully saturated rings. The third kappa shape index (κ3) is 9.19. The molecule has 4 aromatic rings. The number of anilines is 2. The first-order valence-electron chi connectivity index (χ1n) is 18.2. The van der Waals surface area contributed by atoms with E-state index in [0.717, 1.165) is 31.4 Å². The SMILES string of the molecule is COC(=O)N[C@H](C(=O)N1CCC[C@H]1c1nc(-c2ccc(-c3ccc(NC(=O)c4ccc(N5C[C@H](C)NC[C@H]5C)nc4)cc3OC(F)(F)F)cc2)c[nH]1)C(C)C. The maximum absolute atomic E-state index is 13.6. The summed E-state index contributed by atoms with van der Waals surface area (Å²) in [4.78, 5) is 54.8. The Morgan fingerprint density at radius 2 is 1.76 bits per heavy atom. The largest absolute Gasteiger partial charge is 0.573 e. The van der Waals surface area contributed by atoms with E-state index in [9.17, 15) is 27.6 Å². The van der Waals surface area contributed by atoms with Crippen LogP contribution in [0, 0.1) is 5.92 Å². The number of hydrogen-bond donors (Lipinski definition) is 4. The highest BCUT2D eigenvalue weighted by atomic mass is 19.4. The van der Waals surface area contributed by atoms with Gasteiger partial charge < -0.3 is 40.2 Å². The van der Waals surface area contributed by atoms with Crippen molar-refractivity contribution in [2.45, 2.75) is 71.1 Å². The second kappa shape index (κ2) is 16.4. The number of methoxy groups -OCH3 is 1. The number of aromatic nitrogens is 3.